The van der Waals surface area contributed by atoms with Crippen molar-refractivity contribution in [2.75, 3.05) is 6.54 Å². The van der Waals surface area contributed by atoms with Crippen LogP contribution >= 0.6 is 0 Å². The van der Waals surface area contributed by atoms with Gasteiger partial charge in [0.2, 0.25) is 0 Å². The molecule has 1 N–H and O–H groups in total. The average Bonchev–Trinajstić information content (AvgIpc) is 2.74. The summed E-state index contributed by atoms with van der Waals surface area (Å²) in [6.07, 6.45) is 9.65. The highest BCUT2D eigenvalue weighted by atomic mass is 15.2. The van der Waals surface area contributed by atoms with Gasteiger partial charge in [0.25, 0.3) is 0 Å². The van der Waals surface area contributed by atoms with Crippen LogP contribution in [-0.4, -0.2) is 16.3 Å². The van der Waals surface area contributed by atoms with Gasteiger partial charge in [0.15, 0.2) is 0 Å². The van der Waals surface area contributed by atoms with Crippen molar-refractivity contribution in [3.63, 3.8) is 0 Å². The first-order chi connectivity index (χ1) is 8.20. The second-order valence-electron chi connectivity index (χ2n) is 5.50. The Morgan fingerprint density at radius 3 is 2.65 bits per heavy atom. The minimum absolute atomic E-state index is 0.501. The Kier molecular flexibility index (Phi) is 4.21. The van der Waals surface area contributed by atoms with Gasteiger partial charge in [-0.15, -0.1) is 0 Å². The van der Waals surface area contributed by atoms with Crippen LogP contribution in [0.5, 0.6) is 0 Å². The normalized spacial score (nSPS) is 27.0. The van der Waals surface area contributed by atoms with Crippen molar-refractivity contribution < 1.29 is 0 Å². The van der Waals surface area contributed by atoms with Gasteiger partial charge >= 0.3 is 0 Å². The summed E-state index contributed by atoms with van der Waals surface area (Å²) < 4.78 is 1.91. The van der Waals surface area contributed by atoms with Crippen molar-refractivity contribution in [3.8, 4) is 0 Å². The van der Waals surface area contributed by atoms with Crippen LogP contribution in [0.15, 0.2) is 12.4 Å². The molecular formula is C14H25N3. The van der Waals surface area contributed by atoms with Crippen molar-refractivity contribution in [2.45, 2.75) is 45.6 Å². The number of nitrogens with one attached hydrogen (secondary N) is 1. The van der Waals surface area contributed by atoms with Crippen LogP contribution in [0.25, 0.3) is 0 Å². The van der Waals surface area contributed by atoms with Crippen molar-refractivity contribution >= 4 is 0 Å². The molecule has 2 rings (SSSR count). The lowest BCUT2D eigenvalue weighted by atomic mass is 9.78. The molecule has 1 heterocycles. The van der Waals surface area contributed by atoms with E-state index in [1.165, 1.54) is 31.2 Å². The predicted octanol–water partition coefficient (Wildman–Crippen LogP) is 2.90. The Balaban J connectivity index is 2.06. The molecule has 0 bridgehead atoms. The first-order valence-electron chi connectivity index (χ1n) is 6.92. The molecule has 0 amide bonds. The number of hydrogen-bond donors (Lipinski definition) is 1. The highest BCUT2D eigenvalue weighted by molar-refractivity contribution is 5.12. The summed E-state index contributed by atoms with van der Waals surface area (Å²) in [7, 11) is 2.00. The smallest absolute Gasteiger partial charge is 0.0537 e. The molecule has 1 atom stereocenters. The third kappa shape index (κ3) is 3.09. The summed E-state index contributed by atoms with van der Waals surface area (Å²) in [6.45, 7) is 5.60. The topological polar surface area (TPSA) is 29.9 Å². The van der Waals surface area contributed by atoms with Crippen molar-refractivity contribution in [2.24, 2.45) is 18.9 Å². The van der Waals surface area contributed by atoms with E-state index in [4.69, 9.17) is 0 Å². The van der Waals surface area contributed by atoms with Gasteiger partial charge in [0, 0.05) is 24.8 Å². The maximum atomic E-state index is 4.31. The van der Waals surface area contributed by atoms with E-state index in [0.717, 1.165) is 18.4 Å². The summed E-state index contributed by atoms with van der Waals surface area (Å²) in [5.41, 5.74) is 1.36. The molecule has 0 spiro atoms. The molecular weight excluding hydrogens is 210 g/mol. The van der Waals surface area contributed by atoms with Gasteiger partial charge in [-0.1, -0.05) is 26.7 Å². The lowest BCUT2D eigenvalue weighted by molar-refractivity contribution is 0.233. The molecule has 1 aliphatic rings. The predicted molar refractivity (Wildman–Crippen MR) is 70.7 cm³/mol. The molecule has 96 valence electrons. The SMILES string of the molecule is CCNC(c1cnn(C)c1)C1CCC(C)CC1. The summed E-state index contributed by atoms with van der Waals surface area (Å²) in [6, 6.07) is 0.501. The van der Waals surface area contributed by atoms with Gasteiger partial charge in [-0.3, -0.25) is 4.68 Å². The molecule has 0 saturated heterocycles. The Bertz CT molecular complexity index is 337. The zero-order valence-corrected chi connectivity index (χ0v) is 11.3. The second kappa shape index (κ2) is 5.67. The van der Waals surface area contributed by atoms with E-state index < -0.39 is 0 Å². The van der Waals surface area contributed by atoms with E-state index in [2.05, 4.69) is 30.5 Å². The lowest BCUT2D eigenvalue weighted by Gasteiger charge is -2.32. The lowest BCUT2D eigenvalue weighted by Crippen LogP contribution is -2.30. The molecule has 1 aliphatic carbocycles. The summed E-state index contributed by atoms with van der Waals surface area (Å²) in [5, 5.41) is 7.95. The van der Waals surface area contributed by atoms with Crippen LogP contribution in [0.3, 0.4) is 0 Å². The highest BCUT2D eigenvalue weighted by Crippen LogP contribution is 2.36. The van der Waals surface area contributed by atoms with E-state index in [1.54, 1.807) is 0 Å². The zero-order chi connectivity index (χ0) is 12.3. The van der Waals surface area contributed by atoms with E-state index in [-0.39, 0.29) is 0 Å². The summed E-state index contributed by atoms with van der Waals surface area (Å²) in [4.78, 5) is 0. The van der Waals surface area contributed by atoms with Crippen LogP contribution in [0.4, 0.5) is 0 Å². The van der Waals surface area contributed by atoms with Crippen molar-refractivity contribution in [3.05, 3.63) is 18.0 Å². The fourth-order valence-corrected chi connectivity index (χ4v) is 3.00. The van der Waals surface area contributed by atoms with Gasteiger partial charge < -0.3 is 5.32 Å². The van der Waals surface area contributed by atoms with Gasteiger partial charge in [-0.25, -0.2) is 0 Å². The minimum atomic E-state index is 0.501. The maximum absolute atomic E-state index is 4.31. The molecule has 1 unspecified atom stereocenters. The molecule has 3 heteroatoms. The van der Waals surface area contributed by atoms with Crippen LogP contribution < -0.4 is 5.32 Å². The number of aromatic nitrogens is 2. The Morgan fingerprint density at radius 2 is 2.12 bits per heavy atom. The maximum Gasteiger partial charge on any atom is 0.0537 e. The highest BCUT2D eigenvalue weighted by Gasteiger charge is 2.27. The molecule has 3 nitrogen and oxygen atoms in total. The van der Waals surface area contributed by atoms with Crippen LogP contribution in [0.2, 0.25) is 0 Å². The number of nitrogens with zero attached hydrogens (tertiary/aromatic N) is 2. The first-order valence-corrected chi connectivity index (χ1v) is 6.92. The number of aryl methyl sites for hydroxylation is 1. The fraction of sp³-hybridized carbons (Fsp3) is 0.786. The molecule has 17 heavy (non-hydrogen) atoms. The standard InChI is InChI=1S/C14H25N3/c1-4-15-14(13-9-16-17(3)10-13)12-7-5-11(2)6-8-12/h9-12,14-15H,4-8H2,1-3H3. The van der Waals surface area contributed by atoms with Crippen LogP contribution in [0.1, 0.15) is 51.1 Å². The molecule has 0 aliphatic heterocycles. The van der Waals surface area contributed by atoms with Crippen molar-refractivity contribution in [1.82, 2.24) is 15.1 Å². The van der Waals surface area contributed by atoms with E-state index in [1.807, 2.05) is 17.9 Å². The zero-order valence-electron chi connectivity index (χ0n) is 11.3. The van der Waals surface area contributed by atoms with Gasteiger partial charge in [-0.2, -0.15) is 5.10 Å². The third-order valence-electron chi connectivity index (χ3n) is 4.04. The van der Waals surface area contributed by atoms with Gasteiger partial charge in [0.05, 0.1) is 6.20 Å². The first kappa shape index (κ1) is 12.6. The van der Waals surface area contributed by atoms with E-state index in [9.17, 15) is 0 Å². The molecule has 0 aromatic carbocycles. The summed E-state index contributed by atoms with van der Waals surface area (Å²) in [5.74, 6) is 1.71. The number of hydrogen-bond acceptors (Lipinski definition) is 2. The Hall–Kier alpha value is -0.830. The number of rotatable bonds is 4. The minimum Gasteiger partial charge on any atom is -0.310 e. The fourth-order valence-electron chi connectivity index (χ4n) is 3.00. The summed E-state index contributed by atoms with van der Waals surface area (Å²) >= 11 is 0. The second-order valence-corrected chi connectivity index (χ2v) is 5.50. The largest absolute Gasteiger partial charge is 0.310 e. The molecule has 1 aromatic heterocycles. The van der Waals surface area contributed by atoms with Crippen LogP contribution in [-0.2, 0) is 7.05 Å². The van der Waals surface area contributed by atoms with E-state index >= 15 is 0 Å². The monoisotopic (exact) mass is 235 g/mol. The Labute approximate surface area is 105 Å². The van der Waals surface area contributed by atoms with E-state index in [0.29, 0.717) is 6.04 Å². The quantitative estimate of drug-likeness (QED) is 0.869. The Morgan fingerprint density at radius 1 is 1.41 bits per heavy atom. The van der Waals surface area contributed by atoms with Gasteiger partial charge in [-0.05, 0) is 31.2 Å². The van der Waals surface area contributed by atoms with Crippen LogP contribution in [0, 0.1) is 11.8 Å². The van der Waals surface area contributed by atoms with Crippen molar-refractivity contribution in [1.29, 1.82) is 0 Å². The third-order valence-corrected chi connectivity index (χ3v) is 4.04. The molecule has 0 radical (unpaired) electrons. The molecule has 1 fully saturated rings. The molecule has 1 saturated carbocycles. The average molecular weight is 235 g/mol. The molecule has 1 aromatic rings. The van der Waals surface area contributed by atoms with Gasteiger partial charge in [0.1, 0.15) is 0 Å².